The Morgan fingerprint density at radius 2 is 1.74 bits per heavy atom. The van der Waals surface area contributed by atoms with Crippen LogP contribution in [0.5, 0.6) is 0 Å². The van der Waals surface area contributed by atoms with Gasteiger partial charge < -0.3 is 5.32 Å². The predicted octanol–water partition coefficient (Wildman–Crippen LogP) is 5.51. The minimum absolute atomic E-state index is 0.726. The number of nitrogens with one attached hydrogen (secondary N) is 2. The van der Waals surface area contributed by atoms with E-state index in [1.807, 2.05) is 24.3 Å². The van der Waals surface area contributed by atoms with Gasteiger partial charge in [-0.25, -0.2) is 4.98 Å². The van der Waals surface area contributed by atoms with Crippen LogP contribution in [0.4, 0.5) is 11.4 Å². The number of aryl methyl sites for hydroxylation is 1. The second-order valence-corrected chi connectivity index (χ2v) is 6.15. The summed E-state index contributed by atoms with van der Waals surface area (Å²) < 4.78 is 0. The molecule has 2 N–H and O–H groups in total. The summed E-state index contributed by atoms with van der Waals surface area (Å²) in [5, 5.41) is 7.83. The molecule has 0 unspecified atom stereocenters. The number of hydrogen-bond acceptors (Lipinski definition) is 1. The second kappa shape index (κ2) is 5.56. The van der Waals surface area contributed by atoms with Crippen molar-refractivity contribution in [2.75, 3.05) is 5.32 Å². The van der Waals surface area contributed by atoms with Crippen LogP contribution in [0, 0.1) is 6.92 Å². The Kier molecular flexibility index (Phi) is 3.40. The standard InChI is InChI=1S/C20H15ClN2/c1-13-11-19(23-16-7-4-6-15(21)12-16)18-10-9-14-5-2-3-8-17(14)20(18)22-13/h2-12H,1H3,(H,22,23)/p+1. The molecule has 1 heterocycles. The number of fused-ring (bicyclic) bond motifs is 3. The largest absolute Gasteiger partial charge is 0.355 e. The number of H-pyrrole nitrogens is 1. The zero-order valence-corrected chi connectivity index (χ0v) is 13.5. The van der Waals surface area contributed by atoms with E-state index >= 15 is 0 Å². The molecule has 0 saturated carbocycles. The van der Waals surface area contributed by atoms with E-state index in [0.29, 0.717) is 0 Å². The third-order valence-corrected chi connectivity index (χ3v) is 4.24. The van der Waals surface area contributed by atoms with Crippen molar-refractivity contribution in [2.45, 2.75) is 6.92 Å². The summed E-state index contributed by atoms with van der Waals surface area (Å²) in [6.45, 7) is 2.07. The quantitative estimate of drug-likeness (QED) is 0.484. The number of aromatic nitrogens is 1. The molecule has 0 radical (unpaired) electrons. The fraction of sp³-hybridized carbons (Fsp3) is 0.0500. The summed E-state index contributed by atoms with van der Waals surface area (Å²) in [7, 11) is 0. The number of hydrogen-bond donors (Lipinski definition) is 1. The fourth-order valence-electron chi connectivity index (χ4n) is 2.98. The van der Waals surface area contributed by atoms with E-state index in [4.69, 9.17) is 11.6 Å². The first-order chi connectivity index (χ1) is 11.2. The van der Waals surface area contributed by atoms with E-state index in [1.165, 1.54) is 10.8 Å². The second-order valence-electron chi connectivity index (χ2n) is 5.71. The van der Waals surface area contributed by atoms with Crippen molar-refractivity contribution in [3.05, 3.63) is 77.4 Å². The van der Waals surface area contributed by atoms with Crippen LogP contribution in [-0.4, -0.2) is 0 Å². The maximum Gasteiger partial charge on any atom is 0.221 e. The van der Waals surface area contributed by atoms with Gasteiger partial charge in [0.25, 0.3) is 0 Å². The number of benzene rings is 3. The fourth-order valence-corrected chi connectivity index (χ4v) is 3.17. The lowest BCUT2D eigenvalue weighted by molar-refractivity contribution is -0.353. The van der Waals surface area contributed by atoms with Crippen molar-refractivity contribution >= 4 is 44.7 Å². The van der Waals surface area contributed by atoms with Crippen molar-refractivity contribution < 1.29 is 4.98 Å². The van der Waals surface area contributed by atoms with E-state index < -0.39 is 0 Å². The lowest BCUT2D eigenvalue weighted by atomic mass is 10.0. The summed E-state index contributed by atoms with van der Waals surface area (Å²) in [5.41, 5.74) is 4.31. The Balaban J connectivity index is 1.94. The molecule has 4 rings (SSSR count). The number of halogens is 1. The van der Waals surface area contributed by atoms with Gasteiger partial charge in [-0.2, -0.15) is 0 Å². The molecule has 0 spiro atoms. The molecule has 0 aliphatic carbocycles. The average Bonchev–Trinajstić information content (AvgIpc) is 2.54. The molecule has 3 heteroatoms. The molecule has 0 aliphatic heterocycles. The molecule has 3 aromatic carbocycles. The Morgan fingerprint density at radius 3 is 2.61 bits per heavy atom. The minimum Gasteiger partial charge on any atom is -0.355 e. The minimum atomic E-state index is 0.726. The van der Waals surface area contributed by atoms with Crippen molar-refractivity contribution in [2.24, 2.45) is 0 Å². The summed E-state index contributed by atoms with van der Waals surface area (Å²) in [5.74, 6) is 0. The van der Waals surface area contributed by atoms with Crippen LogP contribution in [0.2, 0.25) is 5.02 Å². The highest BCUT2D eigenvalue weighted by Gasteiger charge is 2.12. The number of pyridine rings is 1. The monoisotopic (exact) mass is 319 g/mol. The number of anilines is 2. The lowest BCUT2D eigenvalue weighted by Gasteiger charge is -2.10. The Morgan fingerprint density at radius 1 is 0.870 bits per heavy atom. The first kappa shape index (κ1) is 14.0. The van der Waals surface area contributed by atoms with Crippen molar-refractivity contribution in [1.82, 2.24) is 0 Å². The van der Waals surface area contributed by atoms with Crippen LogP contribution in [0.25, 0.3) is 21.7 Å². The van der Waals surface area contributed by atoms with Gasteiger partial charge in [-0.15, -0.1) is 0 Å². The molecule has 0 fully saturated rings. The summed E-state index contributed by atoms with van der Waals surface area (Å²) in [4.78, 5) is 3.50. The van der Waals surface area contributed by atoms with E-state index in [1.54, 1.807) is 0 Å². The molecule has 23 heavy (non-hydrogen) atoms. The van der Waals surface area contributed by atoms with Gasteiger partial charge in [0.2, 0.25) is 5.52 Å². The van der Waals surface area contributed by atoms with Crippen LogP contribution in [0.1, 0.15) is 5.69 Å². The first-order valence-corrected chi connectivity index (χ1v) is 7.95. The molecule has 4 aromatic rings. The smallest absolute Gasteiger partial charge is 0.221 e. The van der Waals surface area contributed by atoms with Crippen molar-refractivity contribution in [3.8, 4) is 0 Å². The third kappa shape index (κ3) is 2.62. The van der Waals surface area contributed by atoms with Gasteiger partial charge in [0, 0.05) is 23.7 Å². The zero-order chi connectivity index (χ0) is 15.8. The summed E-state index contributed by atoms with van der Waals surface area (Å²) >= 11 is 6.09. The summed E-state index contributed by atoms with van der Waals surface area (Å²) in [6.07, 6.45) is 0. The molecule has 112 valence electrons. The van der Waals surface area contributed by atoms with Gasteiger partial charge >= 0.3 is 0 Å². The van der Waals surface area contributed by atoms with Crippen LogP contribution < -0.4 is 10.3 Å². The Hall–Kier alpha value is -2.58. The van der Waals surface area contributed by atoms with E-state index in [2.05, 4.69) is 59.7 Å². The molecule has 0 bridgehead atoms. The number of aromatic amines is 1. The van der Waals surface area contributed by atoms with Gasteiger partial charge in [-0.3, -0.25) is 0 Å². The third-order valence-electron chi connectivity index (χ3n) is 4.01. The van der Waals surface area contributed by atoms with Gasteiger partial charge in [-0.1, -0.05) is 41.9 Å². The molecule has 0 atom stereocenters. The van der Waals surface area contributed by atoms with Gasteiger partial charge in [0.1, 0.15) is 0 Å². The number of rotatable bonds is 2. The highest BCUT2D eigenvalue weighted by Crippen LogP contribution is 2.30. The Labute approximate surface area is 139 Å². The van der Waals surface area contributed by atoms with Crippen molar-refractivity contribution in [1.29, 1.82) is 0 Å². The average molecular weight is 320 g/mol. The molecular formula is C20H16ClN2+. The van der Waals surface area contributed by atoms with Crippen molar-refractivity contribution in [3.63, 3.8) is 0 Å². The van der Waals surface area contributed by atoms with E-state index in [-0.39, 0.29) is 0 Å². The molecule has 2 nitrogen and oxygen atoms in total. The van der Waals surface area contributed by atoms with Gasteiger partial charge in [0.15, 0.2) is 5.69 Å². The zero-order valence-electron chi connectivity index (χ0n) is 12.7. The van der Waals surface area contributed by atoms with Gasteiger partial charge in [-0.05, 0) is 35.7 Å². The van der Waals surface area contributed by atoms with E-state index in [0.717, 1.165) is 33.0 Å². The van der Waals surface area contributed by atoms with Crippen LogP contribution in [0.3, 0.4) is 0 Å². The SMILES string of the molecule is Cc1cc(Nc2cccc(Cl)c2)c2ccc3ccccc3c2[nH+]1. The Bertz CT molecular complexity index is 1020. The van der Waals surface area contributed by atoms with Crippen LogP contribution in [-0.2, 0) is 0 Å². The first-order valence-electron chi connectivity index (χ1n) is 7.58. The lowest BCUT2D eigenvalue weighted by Crippen LogP contribution is -2.10. The van der Waals surface area contributed by atoms with Gasteiger partial charge in [0.05, 0.1) is 16.5 Å². The molecule has 0 aliphatic rings. The molecular weight excluding hydrogens is 304 g/mol. The molecule has 0 amide bonds. The molecule has 0 saturated heterocycles. The maximum absolute atomic E-state index is 6.09. The normalized spacial score (nSPS) is 11.0. The van der Waals surface area contributed by atoms with Crippen LogP contribution >= 0.6 is 11.6 Å². The summed E-state index contributed by atoms with van der Waals surface area (Å²) in [6, 6.07) is 22.6. The molecule has 1 aromatic heterocycles. The topological polar surface area (TPSA) is 26.2 Å². The predicted molar refractivity (Wildman–Crippen MR) is 97.5 cm³/mol. The highest BCUT2D eigenvalue weighted by atomic mass is 35.5. The van der Waals surface area contributed by atoms with Crippen LogP contribution in [0.15, 0.2) is 66.7 Å². The highest BCUT2D eigenvalue weighted by molar-refractivity contribution is 6.30. The maximum atomic E-state index is 6.09. The van der Waals surface area contributed by atoms with E-state index in [9.17, 15) is 0 Å².